The van der Waals surface area contributed by atoms with Crippen LogP contribution in [0.15, 0.2) is 66.2 Å². The first-order chi connectivity index (χ1) is 33.2. The van der Waals surface area contributed by atoms with Gasteiger partial charge in [-0.1, -0.05) is 48.5 Å². The number of carbonyl (C=O) groups excluding carboxylic acids is 10. The van der Waals surface area contributed by atoms with E-state index in [2.05, 4.69) is 31.9 Å². The molecule has 2 heterocycles. The molecular formula is C48H65N9O13. The number of esters is 1. The highest BCUT2D eigenvalue weighted by Gasteiger charge is 2.42. The number of aliphatic hydroxyl groups excluding tert-OH is 1. The van der Waals surface area contributed by atoms with Gasteiger partial charge in [0.2, 0.25) is 53.2 Å². The fourth-order valence-electron chi connectivity index (χ4n) is 7.89. The van der Waals surface area contributed by atoms with Gasteiger partial charge in [-0.2, -0.15) is 0 Å². The predicted octanol–water partition coefficient (Wildman–Crippen LogP) is -1.49. The molecule has 0 saturated carbocycles. The fourth-order valence-corrected chi connectivity index (χ4v) is 7.89. The number of amides is 9. The predicted molar refractivity (Wildman–Crippen MR) is 251 cm³/mol. The number of aromatic hydroxyl groups is 1. The third-order valence-electron chi connectivity index (χ3n) is 12.1. The number of likely N-dealkylation sites (N-methyl/N-ethyl adjacent to an activating group) is 1. The van der Waals surface area contributed by atoms with Crippen LogP contribution >= 0.6 is 0 Å². The van der Waals surface area contributed by atoms with E-state index >= 15 is 0 Å². The highest BCUT2D eigenvalue weighted by atomic mass is 16.5. The molecule has 22 heteroatoms. The molecule has 70 heavy (non-hydrogen) atoms. The van der Waals surface area contributed by atoms with Crippen LogP contribution in [0.1, 0.15) is 77.3 Å². The molecule has 0 unspecified atom stereocenters. The summed E-state index contributed by atoms with van der Waals surface area (Å²) in [5.41, 5.74) is 6.75. The number of fused-ring (bicyclic) bond motifs is 1. The van der Waals surface area contributed by atoms with E-state index in [0.717, 1.165) is 4.90 Å². The SMILES string of the molecule is C/C=C(\C)C(=O)N[C@H](CCC(N)=O)C(=O)N[C@@H]1C(=O)N[C@@H](CCC(=O)NCCO)C(=O)N2CCC[C@H]2C(=O)N[C@@H](Cc2ccccc2)C(=O)N(C)[C@@H](Cc2ccc(O)cc2)C(=O)N[C@H](C)C(=O)O[C@H]1C. The van der Waals surface area contributed by atoms with Crippen LogP contribution in [0.4, 0.5) is 0 Å². The molecule has 380 valence electrons. The Morgan fingerprint density at radius 1 is 0.871 bits per heavy atom. The number of allylic oxidation sites excluding steroid dienone is 1. The Kier molecular flexibility index (Phi) is 20.8. The minimum absolute atomic E-state index is 0.0189. The number of nitrogens with zero attached hydrogens (tertiary/aromatic N) is 2. The van der Waals surface area contributed by atoms with Crippen molar-refractivity contribution in [2.24, 2.45) is 5.73 Å². The van der Waals surface area contributed by atoms with Crippen molar-refractivity contribution in [3.05, 3.63) is 77.4 Å². The average molecular weight is 976 g/mol. The second-order valence-electron chi connectivity index (χ2n) is 17.3. The van der Waals surface area contributed by atoms with Crippen molar-refractivity contribution in [1.82, 2.24) is 41.7 Å². The summed E-state index contributed by atoms with van der Waals surface area (Å²) in [6, 6.07) is 4.48. The smallest absolute Gasteiger partial charge is 0.328 e. The number of ether oxygens (including phenoxy) is 1. The molecule has 10 N–H and O–H groups in total. The number of phenolic OH excluding ortho intramolecular Hbond substituents is 1. The van der Waals surface area contributed by atoms with Crippen LogP contribution in [0.25, 0.3) is 0 Å². The summed E-state index contributed by atoms with van der Waals surface area (Å²) in [5, 5.41) is 34.7. The lowest BCUT2D eigenvalue weighted by molar-refractivity contribution is -0.156. The van der Waals surface area contributed by atoms with Crippen molar-refractivity contribution >= 4 is 59.1 Å². The van der Waals surface area contributed by atoms with E-state index in [-0.39, 0.29) is 76.0 Å². The maximum absolute atomic E-state index is 14.7. The van der Waals surface area contributed by atoms with Crippen molar-refractivity contribution < 1.29 is 62.9 Å². The van der Waals surface area contributed by atoms with E-state index in [1.54, 1.807) is 49.4 Å². The number of nitrogens with two attached hydrogens (primary N) is 1. The second-order valence-corrected chi connectivity index (χ2v) is 17.3. The monoisotopic (exact) mass is 975 g/mol. The van der Waals surface area contributed by atoms with E-state index in [1.807, 2.05) is 0 Å². The molecule has 8 atom stereocenters. The van der Waals surface area contributed by atoms with Gasteiger partial charge in [0.25, 0.3) is 0 Å². The Morgan fingerprint density at radius 2 is 1.53 bits per heavy atom. The van der Waals surface area contributed by atoms with Gasteiger partial charge >= 0.3 is 5.97 Å². The minimum atomic E-state index is -1.85. The molecule has 22 nitrogen and oxygen atoms in total. The Morgan fingerprint density at radius 3 is 2.17 bits per heavy atom. The molecule has 2 aromatic rings. The van der Waals surface area contributed by atoms with E-state index in [1.165, 1.54) is 50.9 Å². The van der Waals surface area contributed by atoms with E-state index in [0.29, 0.717) is 17.5 Å². The average Bonchev–Trinajstić information content (AvgIpc) is 3.84. The third kappa shape index (κ3) is 15.9. The number of phenols is 1. The first-order valence-corrected chi connectivity index (χ1v) is 23.1. The summed E-state index contributed by atoms with van der Waals surface area (Å²) in [6.07, 6.45) is -1.22. The molecular weight excluding hydrogens is 911 g/mol. The number of carbonyl (C=O) groups is 10. The number of nitrogens with one attached hydrogen (secondary N) is 6. The van der Waals surface area contributed by atoms with Crippen LogP contribution in [-0.4, -0.2) is 154 Å². The summed E-state index contributed by atoms with van der Waals surface area (Å²) >= 11 is 0. The van der Waals surface area contributed by atoms with Gasteiger partial charge < -0.3 is 62.4 Å². The van der Waals surface area contributed by atoms with Gasteiger partial charge in [-0.05, 0) is 76.6 Å². The van der Waals surface area contributed by atoms with E-state index in [4.69, 9.17) is 10.5 Å². The molecule has 2 fully saturated rings. The van der Waals surface area contributed by atoms with Gasteiger partial charge in [-0.15, -0.1) is 0 Å². The summed E-state index contributed by atoms with van der Waals surface area (Å²) < 4.78 is 5.72. The fraction of sp³-hybridized carbons (Fsp3) is 0.500. The van der Waals surface area contributed by atoms with Gasteiger partial charge in [0.1, 0.15) is 54.1 Å². The molecule has 0 aliphatic carbocycles. The van der Waals surface area contributed by atoms with Crippen molar-refractivity contribution in [3.8, 4) is 5.75 Å². The van der Waals surface area contributed by atoms with Gasteiger partial charge in [0.05, 0.1) is 6.61 Å². The molecule has 2 aliphatic heterocycles. The Bertz CT molecular complexity index is 2260. The highest BCUT2D eigenvalue weighted by Crippen LogP contribution is 2.22. The summed E-state index contributed by atoms with van der Waals surface area (Å²) in [5.74, 6) is -8.40. The van der Waals surface area contributed by atoms with E-state index in [9.17, 15) is 58.2 Å². The van der Waals surface area contributed by atoms with Gasteiger partial charge in [-0.25, -0.2) is 4.79 Å². The topological polar surface area (TPSA) is 325 Å². The first-order valence-electron chi connectivity index (χ1n) is 23.1. The summed E-state index contributed by atoms with van der Waals surface area (Å²) in [7, 11) is 1.36. The number of hydrogen-bond acceptors (Lipinski definition) is 13. The maximum Gasteiger partial charge on any atom is 0.328 e. The van der Waals surface area contributed by atoms with Crippen LogP contribution in [0, 0.1) is 0 Å². The molecule has 4 rings (SSSR count). The number of aliphatic hydroxyl groups is 1. The molecule has 2 aliphatic rings. The molecule has 0 bridgehead atoms. The summed E-state index contributed by atoms with van der Waals surface area (Å²) in [4.78, 5) is 141. The number of benzene rings is 2. The lowest BCUT2D eigenvalue weighted by atomic mass is 10.00. The number of primary amides is 1. The van der Waals surface area contributed by atoms with Crippen LogP contribution in [0.3, 0.4) is 0 Å². The number of rotatable bonds is 16. The van der Waals surface area contributed by atoms with Gasteiger partial charge in [-0.3, -0.25) is 43.2 Å². The van der Waals surface area contributed by atoms with Crippen LogP contribution in [0.2, 0.25) is 0 Å². The normalized spacial score (nSPS) is 23.5. The zero-order valence-corrected chi connectivity index (χ0v) is 40.0. The Labute approximate surface area is 405 Å². The Hall–Kier alpha value is -7.36. The quantitative estimate of drug-likeness (QED) is 0.0685. The van der Waals surface area contributed by atoms with Crippen LogP contribution in [-0.2, 0) is 65.5 Å². The maximum atomic E-state index is 14.7. The Balaban J connectivity index is 1.83. The first kappa shape index (κ1) is 55.2. The molecule has 9 amide bonds. The van der Waals surface area contributed by atoms with Crippen molar-refractivity contribution in [1.29, 1.82) is 0 Å². The minimum Gasteiger partial charge on any atom is -0.508 e. The highest BCUT2D eigenvalue weighted by molar-refractivity contribution is 6.00. The zero-order chi connectivity index (χ0) is 51.7. The van der Waals surface area contributed by atoms with Crippen molar-refractivity contribution in [3.63, 3.8) is 0 Å². The third-order valence-corrected chi connectivity index (χ3v) is 12.1. The van der Waals surface area contributed by atoms with Gasteiger partial charge in [0, 0.05) is 51.4 Å². The van der Waals surface area contributed by atoms with Crippen LogP contribution < -0.4 is 37.6 Å². The van der Waals surface area contributed by atoms with E-state index < -0.39 is 108 Å². The van der Waals surface area contributed by atoms with Crippen molar-refractivity contribution in [2.75, 3.05) is 26.7 Å². The lowest BCUT2D eigenvalue weighted by Gasteiger charge is -2.33. The largest absolute Gasteiger partial charge is 0.508 e. The van der Waals surface area contributed by atoms with Crippen molar-refractivity contribution in [2.45, 2.75) is 127 Å². The molecule has 2 aromatic carbocycles. The molecule has 2 saturated heterocycles. The second kappa shape index (κ2) is 26.4. The molecule has 0 aromatic heterocycles. The molecule has 0 radical (unpaired) electrons. The van der Waals surface area contributed by atoms with Gasteiger partial charge in [0.15, 0.2) is 0 Å². The lowest BCUT2D eigenvalue weighted by Crippen LogP contribution is -2.61. The number of hydrogen-bond donors (Lipinski definition) is 9. The summed E-state index contributed by atoms with van der Waals surface area (Å²) in [6.45, 7) is 5.12. The number of cyclic esters (lactones) is 1. The molecule has 0 spiro atoms. The van der Waals surface area contributed by atoms with Crippen LogP contribution in [0.5, 0.6) is 5.75 Å². The standard InChI is InChI=1S/C48H65N9O13/c1-6-27(2)41(62)52-33(18-20-38(49)60)42(63)55-40-29(4)70-48(69)28(3)51-44(65)37(26-31-14-16-32(59)17-15-31)56(5)46(67)35(25-30-11-8-7-9-12-30)54-43(64)36-13-10-23-57(36)47(68)34(53-45(40)66)19-21-39(61)50-22-24-58/h6-9,11-12,14-17,28-29,33-37,40,58-59H,10,13,18-26H2,1-5H3,(H2,49,60)(H,50,61)(H,51,65)(H,52,62)(H,53,66)(H,54,64)(H,55,63)/b27-6+/t28-,29+,33-,34+,35+,36+,37+,40+/m1/s1. The zero-order valence-electron chi connectivity index (χ0n) is 40.0.